The van der Waals surface area contributed by atoms with Crippen LogP contribution in [0.2, 0.25) is 0 Å². The Bertz CT molecular complexity index is 333. The van der Waals surface area contributed by atoms with Gasteiger partial charge in [0.25, 0.3) is 0 Å². The highest BCUT2D eigenvalue weighted by Gasteiger charge is 2.14. The summed E-state index contributed by atoms with van der Waals surface area (Å²) in [5, 5.41) is 0. The number of rotatable bonds is 7. The molecular weight excluding hydrogens is 304 g/mol. The van der Waals surface area contributed by atoms with Gasteiger partial charge < -0.3 is 20.9 Å². The van der Waals surface area contributed by atoms with Gasteiger partial charge in [0.1, 0.15) is 17.6 Å². The number of carbonyl (C=O) groups excluding carboxylic acids is 4. The molecular formula is C12H23ClN2O6. The Morgan fingerprint density at radius 3 is 1.90 bits per heavy atom. The molecule has 0 bridgehead atoms. The molecule has 0 rings (SSSR count). The van der Waals surface area contributed by atoms with E-state index >= 15 is 0 Å². The summed E-state index contributed by atoms with van der Waals surface area (Å²) in [7, 11) is 2.53. The van der Waals surface area contributed by atoms with Crippen molar-refractivity contribution in [2.75, 3.05) is 20.8 Å². The maximum absolute atomic E-state index is 10.5. The Morgan fingerprint density at radius 2 is 1.57 bits per heavy atom. The predicted octanol–water partition coefficient (Wildman–Crippen LogP) is -0.645. The Kier molecular flexibility index (Phi) is 17.4. The number of carbonyl (C=O) groups is 4. The highest BCUT2D eigenvalue weighted by Crippen LogP contribution is 1.91. The van der Waals surface area contributed by atoms with Crippen molar-refractivity contribution >= 4 is 35.9 Å². The van der Waals surface area contributed by atoms with E-state index < -0.39 is 12.0 Å². The number of ketones is 2. The second kappa shape index (κ2) is 14.9. The van der Waals surface area contributed by atoms with E-state index in [9.17, 15) is 19.2 Å². The minimum absolute atomic E-state index is 0. The number of esters is 2. The quantitative estimate of drug-likeness (QED) is 0.589. The molecule has 124 valence electrons. The van der Waals surface area contributed by atoms with E-state index in [0.29, 0.717) is 0 Å². The van der Waals surface area contributed by atoms with E-state index in [-0.39, 0.29) is 55.8 Å². The van der Waals surface area contributed by atoms with Gasteiger partial charge in [0.2, 0.25) is 0 Å². The van der Waals surface area contributed by atoms with Crippen LogP contribution in [-0.2, 0) is 28.7 Å². The van der Waals surface area contributed by atoms with E-state index in [2.05, 4.69) is 9.47 Å². The zero-order valence-corrected chi connectivity index (χ0v) is 13.2. The summed E-state index contributed by atoms with van der Waals surface area (Å²) < 4.78 is 8.61. The van der Waals surface area contributed by atoms with Gasteiger partial charge in [-0.05, 0) is 6.92 Å². The fourth-order valence-electron chi connectivity index (χ4n) is 0.990. The fourth-order valence-corrected chi connectivity index (χ4v) is 0.990. The van der Waals surface area contributed by atoms with Crippen molar-refractivity contribution in [3.05, 3.63) is 0 Å². The molecule has 0 spiro atoms. The molecule has 4 N–H and O–H groups in total. The van der Waals surface area contributed by atoms with E-state index in [1.165, 1.54) is 21.1 Å². The first-order valence-corrected chi connectivity index (χ1v) is 5.89. The van der Waals surface area contributed by atoms with Crippen LogP contribution in [0.25, 0.3) is 0 Å². The number of nitrogens with two attached hydrogens (primary N) is 2. The number of hydrogen-bond acceptors (Lipinski definition) is 8. The van der Waals surface area contributed by atoms with Gasteiger partial charge in [0, 0.05) is 12.8 Å². The molecule has 1 atom stereocenters. The maximum Gasteiger partial charge on any atom is 0.323 e. The van der Waals surface area contributed by atoms with Crippen molar-refractivity contribution in [2.24, 2.45) is 11.5 Å². The van der Waals surface area contributed by atoms with Gasteiger partial charge in [0.05, 0.1) is 27.2 Å². The summed E-state index contributed by atoms with van der Waals surface area (Å²) >= 11 is 0. The molecule has 21 heavy (non-hydrogen) atoms. The number of ether oxygens (including phenoxy) is 2. The number of hydrogen-bond donors (Lipinski definition) is 2. The first-order valence-electron chi connectivity index (χ1n) is 5.89. The maximum atomic E-state index is 10.5. The van der Waals surface area contributed by atoms with Gasteiger partial charge in [-0.15, -0.1) is 12.4 Å². The molecule has 0 aliphatic carbocycles. The van der Waals surface area contributed by atoms with Gasteiger partial charge >= 0.3 is 11.9 Å². The monoisotopic (exact) mass is 326 g/mol. The minimum atomic E-state index is -0.803. The van der Waals surface area contributed by atoms with Crippen LogP contribution in [0.3, 0.4) is 0 Å². The molecule has 0 aromatic rings. The molecule has 0 aromatic carbocycles. The van der Waals surface area contributed by atoms with E-state index in [1.54, 1.807) is 0 Å². The number of Topliss-reactive ketones (excluding diaryl/α,β-unsaturated/α-hetero) is 2. The number of methoxy groups -OCH3 is 2. The smallest absolute Gasteiger partial charge is 0.323 e. The molecule has 0 aliphatic rings. The number of halogens is 1. The van der Waals surface area contributed by atoms with Crippen molar-refractivity contribution in [3.63, 3.8) is 0 Å². The molecule has 0 amide bonds. The summed E-state index contributed by atoms with van der Waals surface area (Å²) in [6.07, 6.45) is 0.363. The van der Waals surface area contributed by atoms with Gasteiger partial charge in [0.15, 0.2) is 0 Å². The summed E-state index contributed by atoms with van der Waals surface area (Å²) in [6.45, 7) is 1.37. The van der Waals surface area contributed by atoms with Gasteiger partial charge in [-0.2, -0.15) is 0 Å². The highest BCUT2D eigenvalue weighted by molar-refractivity contribution is 5.85. The molecule has 0 heterocycles. The van der Waals surface area contributed by atoms with Gasteiger partial charge in [-0.25, -0.2) is 0 Å². The van der Waals surface area contributed by atoms with Crippen LogP contribution in [-0.4, -0.2) is 50.3 Å². The third-order valence-corrected chi connectivity index (χ3v) is 2.07. The average Bonchev–Trinajstić information content (AvgIpc) is 2.43. The Hall–Kier alpha value is -1.51. The highest BCUT2D eigenvalue weighted by atomic mass is 35.5. The van der Waals surface area contributed by atoms with E-state index in [4.69, 9.17) is 11.5 Å². The molecule has 0 aromatic heterocycles. The lowest BCUT2D eigenvalue weighted by molar-refractivity contribution is -0.143. The van der Waals surface area contributed by atoms with Crippen LogP contribution < -0.4 is 11.5 Å². The summed E-state index contributed by atoms with van der Waals surface area (Å²) in [6, 6.07) is -0.803. The van der Waals surface area contributed by atoms with Crippen LogP contribution in [0.15, 0.2) is 0 Å². The molecule has 9 heteroatoms. The van der Waals surface area contributed by atoms with Gasteiger partial charge in [-0.1, -0.05) is 0 Å². The summed E-state index contributed by atoms with van der Waals surface area (Å²) in [5.41, 5.74) is 10.2. The second-order valence-electron chi connectivity index (χ2n) is 3.85. The largest absolute Gasteiger partial charge is 0.469 e. The Morgan fingerprint density at radius 1 is 1.05 bits per heavy atom. The third-order valence-electron chi connectivity index (χ3n) is 2.07. The molecule has 1 unspecified atom stereocenters. The molecule has 0 saturated heterocycles. The lowest BCUT2D eigenvalue weighted by Crippen LogP contribution is -2.33. The second-order valence-corrected chi connectivity index (χ2v) is 3.85. The predicted molar refractivity (Wildman–Crippen MR) is 77.8 cm³/mol. The zero-order valence-electron chi connectivity index (χ0n) is 12.4. The normalized spacial score (nSPS) is 10.1. The van der Waals surface area contributed by atoms with Crippen LogP contribution in [0.5, 0.6) is 0 Å². The van der Waals surface area contributed by atoms with Crippen LogP contribution in [0, 0.1) is 0 Å². The lowest BCUT2D eigenvalue weighted by Gasteiger charge is -2.04. The third kappa shape index (κ3) is 16.4. The lowest BCUT2D eigenvalue weighted by atomic mass is 10.2. The molecule has 0 saturated carbocycles. The summed E-state index contributed by atoms with van der Waals surface area (Å²) in [4.78, 5) is 41.9. The summed E-state index contributed by atoms with van der Waals surface area (Å²) in [5.74, 6) is -1.15. The minimum Gasteiger partial charge on any atom is -0.469 e. The SMILES string of the molecule is COC(=O)C(N)CC(C)=O.COC(=O)CCC(=O)CN.Cl. The van der Waals surface area contributed by atoms with Crippen LogP contribution in [0.4, 0.5) is 0 Å². The van der Waals surface area contributed by atoms with Crippen LogP contribution >= 0.6 is 12.4 Å². The first-order chi connectivity index (χ1) is 9.28. The van der Waals surface area contributed by atoms with E-state index in [1.807, 2.05) is 0 Å². The zero-order chi connectivity index (χ0) is 16.1. The molecule has 0 fully saturated rings. The fraction of sp³-hybridized carbons (Fsp3) is 0.667. The van der Waals surface area contributed by atoms with E-state index in [0.717, 1.165) is 0 Å². The van der Waals surface area contributed by atoms with Crippen molar-refractivity contribution in [2.45, 2.75) is 32.2 Å². The van der Waals surface area contributed by atoms with Crippen molar-refractivity contribution < 1.29 is 28.7 Å². The average molecular weight is 327 g/mol. The standard InChI is InChI=1S/2C6H11NO3.ClH/c1-4(8)3-5(7)6(9)10-2;1-10-6(9)3-2-5(8)4-7;/h5H,3,7H2,1-2H3;2-4,7H2,1H3;1H. The molecule has 0 aliphatic heterocycles. The molecule has 0 radical (unpaired) electrons. The van der Waals surface area contributed by atoms with Crippen molar-refractivity contribution in [1.29, 1.82) is 0 Å². The van der Waals surface area contributed by atoms with Crippen molar-refractivity contribution in [3.8, 4) is 0 Å². The Balaban J connectivity index is -0.000000295. The van der Waals surface area contributed by atoms with Crippen molar-refractivity contribution in [1.82, 2.24) is 0 Å². The van der Waals surface area contributed by atoms with Crippen LogP contribution in [0.1, 0.15) is 26.2 Å². The first kappa shape index (κ1) is 24.5. The topological polar surface area (TPSA) is 139 Å². The Labute approximate surface area is 129 Å². The van der Waals surface area contributed by atoms with Gasteiger partial charge in [-0.3, -0.25) is 19.2 Å². The molecule has 8 nitrogen and oxygen atoms in total.